The van der Waals surface area contributed by atoms with Crippen LogP contribution in [0.25, 0.3) is 0 Å². The summed E-state index contributed by atoms with van der Waals surface area (Å²) in [6, 6.07) is 16.4. The van der Waals surface area contributed by atoms with Crippen molar-refractivity contribution in [2.75, 3.05) is 32.1 Å². The first kappa shape index (κ1) is 28.4. The Hall–Kier alpha value is -3.57. The first-order chi connectivity index (χ1) is 18.3. The lowest BCUT2D eigenvalue weighted by Crippen LogP contribution is -2.44. The van der Waals surface area contributed by atoms with Crippen LogP contribution in [0, 0.1) is 0 Å². The molecule has 0 aromatic heterocycles. The molecule has 3 aromatic rings. The molecule has 206 valence electrons. The monoisotopic (exact) mass is 569 g/mol. The SMILES string of the molecule is COCC1(c2ccccc2)CN(CC(=O)Nc2ccc(C(F)(F)F)cc2)N=C1c1ccc(C(F)(F)F)c(Cl)c1. The second kappa shape index (κ2) is 10.9. The summed E-state index contributed by atoms with van der Waals surface area (Å²) in [5, 5.41) is 8.07. The summed E-state index contributed by atoms with van der Waals surface area (Å²) in [6.45, 7) is -0.0536. The van der Waals surface area contributed by atoms with Gasteiger partial charge >= 0.3 is 12.4 Å². The zero-order valence-electron chi connectivity index (χ0n) is 20.4. The molecule has 0 saturated heterocycles. The number of alkyl halides is 6. The molecule has 39 heavy (non-hydrogen) atoms. The number of hydrogen-bond donors (Lipinski definition) is 1. The zero-order chi connectivity index (χ0) is 28.4. The van der Waals surface area contributed by atoms with E-state index in [-0.39, 0.29) is 25.4 Å². The van der Waals surface area contributed by atoms with E-state index in [0.29, 0.717) is 11.3 Å². The number of methoxy groups -OCH3 is 1. The van der Waals surface area contributed by atoms with Crippen molar-refractivity contribution in [3.05, 3.63) is 100 Å². The van der Waals surface area contributed by atoms with Crippen molar-refractivity contribution in [3.63, 3.8) is 0 Å². The molecule has 0 saturated carbocycles. The third kappa shape index (κ3) is 6.20. The van der Waals surface area contributed by atoms with Gasteiger partial charge in [0, 0.05) is 18.4 Å². The fourth-order valence-electron chi connectivity index (χ4n) is 4.51. The van der Waals surface area contributed by atoms with Gasteiger partial charge in [0.05, 0.1) is 40.4 Å². The van der Waals surface area contributed by atoms with E-state index in [1.165, 1.54) is 24.3 Å². The Balaban J connectivity index is 1.66. The smallest absolute Gasteiger partial charge is 0.383 e. The normalized spacial score (nSPS) is 17.7. The molecule has 5 nitrogen and oxygen atoms in total. The zero-order valence-corrected chi connectivity index (χ0v) is 21.2. The number of ether oxygens (including phenoxy) is 1. The highest BCUT2D eigenvalue weighted by Crippen LogP contribution is 2.39. The molecule has 0 bridgehead atoms. The van der Waals surface area contributed by atoms with Crippen LogP contribution >= 0.6 is 11.6 Å². The third-order valence-electron chi connectivity index (χ3n) is 6.23. The predicted octanol–water partition coefficient (Wildman–Crippen LogP) is 6.62. The van der Waals surface area contributed by atoms with Crippen LogP contribution in [-0.2, 0) is 27.3 Å². The second-order valence-electron chi connectivity index (χ2n) is 8.97. The van der Waals surface area contributed by atoms with Gasteiger partial charge in [-0.05, 0) is 42.0 Å². The highest BCUT2D eigenvalue weighted by atomic mass is 35.5. The molecule has 0 aliphatic carbocycles. The van der Waals surface area contributed by atoms with Gasteiger partial charge in [-0.3, -0.25) is 9.80 Å². The van der Waals surface area contributed by atoms with Crippen molar-refractivity contribution in [2.24, 2.45) is 5.10 Å². The Morgan fingerprint density at radius 3 is 2.23 bits per heavy atom. The molecule has 1 aliphatic rings. The number of nitrogens with one attached hydrogen (secondary N) is 1. The van der Waals surface area contributed by atoms with E-state index in [1.54, 1.807) is 18.2 Å². The van der Waals surface area contributed by atoms with Gasteiger partial charge in [-0.1, -0.05) is 48.0 Å². The van der Waals surface area contributed by atoms with E-state index in [1.807, 2.05) is 12.1 Å². The maximum Gasteiger partial charge on any atom is 0.417 e. The average molecular weight is 570 g/mol. The van der Waals surface area contributed by atoms with E-state index in [0.717, 1.165) is 35.9 Å². The van der Waals surface area contributed by atoms with Crippen molar-refractivity contribution >= 4 is 28.9 Å². The molecule has 3 aromatic carbocycles. The highest BCUT2D eigenvalue weighted by molar-refractivity contribution is 6.32. The number of hydrogen-bond acceptors (Lipinski definition) is 4. The topological polar surface area (TPSA) is 53.9 Å². The van der Waals surface area contributed by atoms with E-state index in [9.17, 15) is 31.1 Å². The van der Waals surface area contributed by atoms with Crippen molar-refractivity contribution in [1.82, 2.24) is 5.01 Å². The summed E-state index contributed by atoms with van der Waals surface area (Å²) < 4.78 is 84.0. The molecule has 1 unspecified atom stereocenters. The summed E-state index contributed by atoms with van der Waals surface area (Å²) in [7, 11) is 1.47. The number of benzene rings is 3. The van der Waals surface area contributed by atoms with Crippen LogP contribution in [0.2, 0.25) is 5.02 Å². The number of halogens is 7. The van der Waals surface area contributed by atoms with Crippen molar-refractivity contribution in [2.45, 2.75) is 17.8 Å². The summed E-state index contributed by atoms with van der Waals surface area (Å²) >= 11 is 6.00. The van der Waals surface area contributed by atoms with Gasteiger partial charge in [0.15, 0.2) is 0 Å². The second-order valence-corrected chi connectivity index (χ2v) is 9.38. The fraction of sp³-hybridized carbons (Fsp3) is 0.259. The van der Waals surface area contributed by atoms with Gasteiger partial charge < -0.3 is 10.1 Å². The molecule has 0 radical (unpaired) electrons. The number of amides is 1. The fourth-order valence-corrected chi connectivity index (χ4v) is 4.80. The van der Waals surface area contributed by atoms with Crippen LogP contribution in [0.3, 0.4) is 0 Å². The summed E-state index contributed by atoms with van der Waals surface area (Å²) in [5.41, 5.74) is -1.21. The summed E-state index contributed by atoms with van der Waals surface area (Å²) in [5.74, 6) is -0.551. The lowest BCUT2D eigenvalue weighted by atomic mass is 9.75. The van der Waals surface area contributed by atoms with Crippen LogP contribution in [0.15, 0.2) is 77.9 Å². The molecule has 1 N–H and O–H groups in total. The standard InChI is InChI=1S/C27H22ClF6N3O2/c1-39-16-25(18-5-3-2-4-6-18)15-37(14-23(38)35-20-10-8-19(9-11-20)26(29,30)31)36-24(25)17-7-12-21(22(28)13-17)27(32,33)34/h2-13H,14-16H2,1H3,(H,35,38). The van der Waals surface area contributed by atoms with Gasteiger partial charge in [-0.25, -0.2) is 0 Å². The molecule has 1 atom stereocenters. The van der Waals surface area contributed by atoms with Gasteiger partial charge in [-0.2, -0.15) is 31.4 Å². The molecular formula is C27H22ClF6N3O2. The molecule has 1 amide bonds. The van der Waals surface area contributed by atoms with Crippen LogP contribution < -0.4 is 5.32 Å². The van der Waals surface area contributed by atoms with Crippen molar-refractivity contribution in [1.29, 1.82) is 0 Å². The van der Waals surface area contributed by atoms with Crippen molar-refractivity contribution < 1.29 is 35.9 Å². The predicted molar refractivity (Wildman–Crippen MR) is 135 cm³/mol. The number of anilines is 1. The minimum absolute atomic E-state index is 0.0888. The Morgan fingerprint density at radius 2 is 1.67 bits per heavy atom. The maximum atomic E-state index is 13.3. The quantitative estimate of drug-likeness (QED) is 0.325. The van der Waals surface area contributed by atoms with E-state index in [2.05, 4.69) is 10.4 Å². The largest absolute Gasteiger partial charge is 0.417 e. The van der Waals surface area contributed by atoms with E-state index >= 15 is 0 Å². The Labute approximate surface area is 225 Å². The van der Waals surface area contributed by atoms with Crippen LogP contribution in [0.5, 0.6) is 0 Å². The van der Waals surface area contributed by atoms with Crippen molar-refractivity contribution in [3.8, 4) is 0 Å². The average Bonchev–Trinajstić information content (AvgIpc) is 3.22. The minimum atomic E-state index is -4.64. The highest BCUT2D eigenvalue weighted by Gasteiger charge is 2.46. The van der Waals surface area contributed by atoms with Gasteiger partial charge in [0.1, 0.15) is 6.54 Å². The van der Waals surface area contributed by atoms with E-state index in [4.69, 9.17) is 16.3 Å². The summed E-state index contributed by atoms with van der Waals surface area (Å²) in [4.78, 5) is 12.8. The molecule has 1 heterocycles. The van der Waals surface area contributed by atoms with Crippen LogP contribution in [0.4, 0.5) is 32.0 Å². The summed E-state index contributed by atoms with van der Waals surface area (Å²) in [6.07, 6.45) is -9.15. The first-order valence-corrected chi connectivity index (χ1v) is 11.9. The number of hydrazone groups is 1. The molecular weight excluding hydrogens is 548 g/mol. The Morgan fingerprint density at radius 1 is 1.00 bits per heavy atom. The molecule has 4 rings (SSSR count). The third-order valence-corrected chi connectivity index (χ3v) is 6.55. The first-order valence-electron chi connectivity index (χ1n) is 11.6. The van der Waals surface area contributed by atoms with Gasteiger partial charge in [0.25, 0.3) is 0 Å². The van der Waals surface area contributed by atoms with Crippen LogP contribution in [0.1, 0.15) is 22.3 Å². The molecule has 1 aliphatic heterocycles. The molecule has 12 heteroatoms. The number of carbonyl (C=O) groups excluding carboxylic acids is 1. The maximum absolute atomic E-state index is 13.3. The van der Waals surface area contributed by atoms with Gasteiger partial charge in [-0.15, -0.1) is 0 Å². The minimum Gasteiger partial charge on any atom is -0.383 e. The van der Waals surface area contributed by atoms with Crippen LogP contribution in [-0.4, -0.2) is 43.4 Å². The number of carbonyl (C=O) groups is 1. The van der Waals surface area contributed by atoms with E-state index < -0.39 is 39.8 Å². The number of rotatable bonds is 7. The Kier molecular flexibility index (Phi) is 7.94. The van der Waals surface area contributed by atoms with Gasteiger partial charge in [0.2, 0.25) is 5.91 Å². The lowest BCUT2D eigenvalue weighted by molar-refractivity contribution is -0.138. The molecule has 0 fully saturated rings. The molecule has 0 spiro atoms. The number of nitrogens with zero attached hydrogens (tertiary/aromatic N) is 2. The Bertz CT molecular complexity index is 1360. The lowest BCUT2D eigenvalue weighted by Gasteiger charge is -2.31.